The number of alkyl carbamates (subject to hydrolysis) is 1. The number of amides is 1. The van der Waals surface area contributed by atoms with Crippen LogP contribution in [0.1, 0.15) is 65.2 Å². The highest BCUT2D eigenvalue weighted by atomic mass is 35.5. The molecule has 5 heteroatoms. The van der Waals surface area contributed by atoms with E-state index in [1.807, 2.05) is 6.92 Å². The van der Waals surface area contributed by atoms with Crippen LogP contribution in [0, 0.1) is 13.8 Å². The van der Waals surface area contributed by atoms with Gasteiger partial charge in [0.05, 0.1) is 6.61 Å². The van der Waals surface area contributed by atoms with Gasteiger partial charge in [0, 0.05) is 6.54 Å². The normalized spacial score (nSPS) is 11.9. The summed E-state index contributed by atoms with van der Waals surface area (Å²) in [5.41, 5.74) is 0. The molecule has 1 heterocycles. The first-order valence-electron chi connectivity index (χ1n) is 7.21. The molecule has 0 aromatic rings. The zero-order chi connectivity index (χ0) is 14.1. The summed E-state index contributed by atoms with van der Waals surface area (Å²) >= 11 is 0. The number of nitrogens with one attached hydrogen (secondary N) is 1. The molecule has 0 unspecified atom stereocenters. The number of rotatable bonds is 5. The summed E-state index contributed by atoms with van der Waals surface area (Å²) in [6.45, 7) is 12.9. The molecule has 1 amide bonds. The molecule has 3 N–H and O–H groups in total. The van der Waals surface area contributed by atoms with E-state index in [9.17, 15) is 4.79 Å². The highest BCUT2D eigenvalue weighted by Gasteiger charge is 2.04. The number of unbranched alkanes of at least 4 members (excludes halogenated alkanes) is 5. The van der Waals surface area contributed by atoms with E-state index in [0.717, 1.165) is 25.8 Å². The van der Waals surface area contributed by atoms with Gasteiger partial charge in [-0.3, -0.25) is 0 Å². The molecule has 1 fully saturated rings. The molecular formula is C15H34ClNO3. The molecular weight excluding hydrogens is 278 g/mol. The van der Waals surface area contributed by atoms with Crippen LogP contribution in [0.2, 0.25) is 0 Å². The fourth-order valence-electron chi connectivity index (χ4n) is 1.26. The highest BCUT2D eigenvalue weighted by molar-refractivity contribution is 5.85. The fraction of sp³-hybridized carbons (Fsp3) is 0.800. The number of cyclic esters (lactones) is 1. The summed E-state index contributed by atoms with van der Waals surface area (Å²) in [4.78, 5) is 10.1. The lowest BCUT2D eigenvalue weighted by molar-refractivity contribution is 0.129. The van der Waals surface area contributed by atoms with Crippen LogP contribution >= 0.6 is 12.4 Å². The highest BCUT2D eigenvalue weighted by Crippen LogP contribution is 2.03. The second-order valence-electron chi connectivity index (χ2n) is 4.18. The third kappa shape index (κ3) is 30.5. The summed E-state index contributed by atoms with van der Waals surface area (Å²) in [5, 5.41) is 2.52. The van der Waals surface area contributed by atoms with E-state index < -0.39 is 0 Å². The van der Waals surface area contributed by atoms with Crippen LogP contribution in [-0.2, 0) is 4.74 Å². The monoisotopic (exact) mass is 311 g/mol. The first-order valence-corrected chi connectivity index (χ1v) is 7.21. The van der Waals surface area contributed by atoms with Crippen LogP contribution in [0.3, 0.4) is 0 Å². The molecule has 0 aromatic heterocycles. The predicted octanol–water partition coefficient (Wildman–Crippen LogP) is 4.12. The van der Waals surface area contributed by atoms with E-state index in [0.29, 0.717) is 6.61 Å². The molecule has 0 saturated carbocycles. The average molecular weight is 312 g/mol. The number of carbonyl (C=O) groups excluding carboxylic acids is 1. The molecule has 0 aliphatic carbocycles. The van der Waals surface area contributed by atoms with Gasteiger partial charge in [-0.25, -0.2) is 4.79 Å². The minimum Gasteiger partial charge on any atom is -0.449 e. The van der Waals surface area contributed by atoms with Gasteiger partial charge in [-0.05, 0) is 6.42 Å². The lowest BCUT2D eigenvalue weighted by atomic mass is 10.1. The van der Waals surface area contributed by atoms with Crippen LogP contribution in [0.4, 0.5) is 4.79 Å². The van der Waals surface area contributed by atoms with Gasteiger partial charge in [-0.1, -0.05) is 72.6 Å². The second kappa shape index (κ2) is 27.0. The van der Waals surface area contributed by atoms with E-state index >= 15 is 0 Å². The van der Waals surface area contributed by atoms with Gasteiger partial charge in [0.2, 0.25) is 0 Å². The molecule has 0 atom stereocenters. The van der Waals surface area contributed by atoms with Gasteiger partial charge in [-0.15, -0.1) is 12.4 Å². The number of carbonyl (C=O) groups is 1. The van der Waals surface area contributed by atoms with Crippen LogP contribution in [0.15, 0.2) is 0 Å². The second-order valence-corrected chi connectivity index (χ2v) is 4.18. The first-order chi connectivity index (χ1) is 8.72. The zero-order valence-corrected chi connectivity index (χ0v) is 14.0. The van der Waals surface area contributed by atoms with Crippen molar-refractivity contribution >= 4 is 18.5 Å². The van der Waals surface area contributed by atoms with Crippen LogP contribution in [0.25, 0.3) is 0 Å². The van der Waals surface area contributed by atoms with E-state index in [1.165, 1.54) is 32.1 Å². The van der Waals surface area contributed by atoms with Crippen LogP contribution in [0.5, 0.6) is 0 Å². The average Bonchev–Trinajstić information content (AvgIpc) is 2.37. The Bertz CT molecular complexity index is 155. The zero-order valence-electron chi connectivity index (χ0n) is 13.2. The Labute approximate surface area is 131 Å². The summed E-state index contributed by atoms with van der Waals surface area (Å²) in [5.74, 6) is 0. The molecule has 1 aliphatic heterocycles. The predicted molar refractivity (Wildman–Crippen MR) is 89.2 cm³/mol. The molecule has 1 saturated heterocycles. The van der Waals surface area contributed by atoms with Crippen molar-refractivity contribution in [1.82, 2.24) is 5.32 Å². The Balaban J connectivity index is -0.0000000992. The Morgan fingerprint density at radius 1 is 1.15 bits per heavy atom. The maximum absolute atomic E-state index is 10.1. The van der Waals surface area contributed by atoms with Gasteiger partial charge in [0.1, 0.15) is 0 Å². The van der Waals surface area contributed by atoms with E-state index in [-0.39, 0.29) is 24.0 Å². The molecule has 124 valence electrons. The maximum Gasteiger partial charge on any atom is 0.407 e. The maximum atomic E-state index is 10.1. The number of hydrogen-bond donors (Lipinski definition) is 1. The lowest BCUT2D eigenvalue weighted by Gasteiger charge is -2.10. The Morgan fingerprint density at radius 2 is 1.70 bits per heavy atom. The molecule has 0 spiro atoms. The van der Waals surface area contributed by atoms with Gasteiger partial charge in [-0.2, -0.15) is 0 Å². The van der Waals surface area contributed by atoms with Gasteiger partial charge >= 0.3 is 6.09 Å². The molecule has 0 aromatic carbocycles. The van der Waals surface area contributed by atoms with Gasteiger partial charge in [0.15, 0.2) is 0 Å². The molecule has 20 heavy (non-hydrogen) atoms. The smallest absolute Gasteiger partial charge is 0.407 e. The van der Waals surface area contributed by atoms with E-state index in [1.54, 1.807) is 0 Å². The van der Waals surface area contributed by atoms with Crippen LogP contribution in [-0.4, -0.2) is 24.7 Å². The number of ether oxygens (including phenoxy) is 1. The minimum absolute atomic E-state index is 0. The third-order valence-corrected chi connectivity index (χ3v) is 2.18. The van der Waals surface area contributed by atoms with Crippen molar-refractivity contribution in [3.63, 3.8) is 0 Å². The van der Waals surface area contributed by atoms with Crippen molar-refractivity contribution in [3.8, 4) is 0 Å². The minimum atomic E-state index is -0.286. The summed E-state index contributed by atoms with van der Waals surface area (Å²) in [6, 6.07) is 0. The number of hydrogen-bond acceptors (Lipinski definition) is 2. The SMILES string of the molecule is Cl.O.O=C1NCCCO1.[CH2]CC.[CH2]CCCCCCC. The van der Waals surface area contributed by atoms with Gasteiger partial charge in [0.25, 0.3) is 0 Å². The van der Waals surface area contributed by atoms with E-state index in [4.69, 9.17) is 0 Å². The van der Waals surface area contributed by atoms with Crippen molar-refractivity contribution in [2.75, 3.05) is 13.2 Å². The Morgan fingerprint density at radius 3 is 2.00 bits per heavy atom. The van der Waals surface area contributed by atoms with Crippen molar-refractivity contribution < 1.29 is 15.0 Å². The fourth-order valence-corrected chi connectivity index (χ4v) is 1.26. The molecule has 2 radical (unpaired) electrons. The largest absolute Gasteiger partial charge is 0.449 e. The van der Waals surface area contributed by atoms with Crippen molar-refractivity contribution in [2.45, 2.75) is 65.2 Å². The topological polar surface area (TPSA) is 69.8 Å². The molecule has 4 nitrogen and oxygen atoms in total. The standard InChI is InChI=1S/C8H17.C4H7NO2.C3H7.ClH.H2O/c1-3-5-7-8-6-4-2;6-4-5-2-1-3-7-4;1-3-2;;/h1,3-8H2,2H3;1-3H2,(H,5,6);1,3H2,2H3;1H;1H2. The third-order valence-electron chi connectivity index (χ3n) is 2.18. The van der Waals surface area contributed by atoms with Crippen LogP contribution < -0.4 is 5.32 Å². The molecule has 1 rings (SSSR count). The van der Waals surface area contributed by atoms with Crippen molar-refractivity contribution in [1.29, 1.82) is 0 Å². The lowest BCUT2D eigenvalue weighted by Crippen LogP contribution is -2.31. The van der Waals surface area contributed by atoms with Crippen molar-refractivity contribution in [3.05, 3.63) is 13.8 Å². The summed E-state index contributed by atoms with van der Waals surface area (Å²) in [6.07, 6.45) is 9.63. The molecule has 0 bridgehead atoms. The number of halogens is 1. The van der Waals surface area contributed by atoms with Gasteiger partial charge < -0.3 is 15.5 Å². The molecule has 1 aliphatic rings. The summed E-state index contributed by atoms with van der Waals surface area (Å²) < 4.78 is 4.53. The van der Waals surface area contributed by atoms with Crippen molar-refractivity contribution in [2.24, 2.45) is 0 Å². The first kappa shape index (κ1) is 27.8. The van der Waals surface area contributed by atoms with E-state index in [2.05, 4.69) is 30.8 Å². The quantitative estimate of drug-likeness (QED) is 0.776. The Hall–Kier alpha value is -0.480. The Kier molecular flexibility index (Phi) is 37.5. The summed E-state index contributed by atoms with van der Waals surface area (Å²) in [7, 11) is 0.